The van der Waals surface area contributed by atoms with Crippen molar-refractivity contribution in [3.63, 3.8) is 0 Å². The van der Waals surface area contributed by atoms with Gasteiger partial charge in [-0.05, 0) is 61.7 Å². The molecule has 0 aliphatic carbocycles. The summed E-state index contributed by atoms with van der Waals surface area (Å²) in [7, 11) is 0. The standard InChI is InChI=1S/C21H20ClN5O3/c1-11-4-6-14(8-13(11)3)23-17(28)10-26-19-18(24-25-26)20(29)27(21(19)30)15-7-5-12(2)16(22)9-15/h4-9,18-19H,10H2,1-3H3,(H,23,28)/t18-,19+/m0/s1. The number of carbonyl (C=O) groups is 3. The van der Waals surface area contributed by atoms with Gasteiger partial charge in [0.25, 0.3) is 11.8 Å². The number of carbonyl (C=O) groups excluding carboxylic acids is 3. The Hall–Kier alpha value is -3.26. The second kappa shape index (κ2) is 7.53. The van der Waals surface area contributed by atoms with Crippen molar-refractivity contribution in [2.75, 3.05) is 16.8 Å². The van der Waals surface area contributed by atoms with E-state index in [-0.39, 0.29) is 12.5 Å². The third-order valence-corrected chi connectivity index (χ3v) is 5.77. The molecule has 1 fully saturated rings. The molecule has 2 aromatic carbocycles. The molecule has 2 heterocycles. The van der Waals surface area contributed by atoms with Crippen LogP contribution in [0.25, 0.3) is 0 Å². The number of rotatable bonds is 4. The summed E-state index contributed by atoms with van der Waals surface area (Å²) in [5.74, 6) is -1.31. The van der Waals surface area contributed by atoms with E-state index in [4.69, 9.17) is 11.6 Å². The predicted octanol–water partition coefficient (Wildman–Crippen LogP) is 3.20. The number of halogens is 1. The number of hydrogen-bond acceptors (Lipinski definition) is 6. The van der Waals surface area contributed by atoms with Crippen LogP contribution in [-0.2, 0) is 14.4 Å². The summed E-state index contributed by atoms with van der Waals surface area (Å²) in [4.78, 5) is 39.3. The maximum absolute atomic E-state index is 13.0. The number of hydrogen-bond donors (Lipinski definition) is 1. The van der Waals surface area contributed by atoms with E-state index in [0.717, 1.165) is 21.6 Å². The molecular weight excluding hydrogens is 406 g/mol. The number of amides is 3. The van der Waals surface area contributed by atoms with Gasteiger partial charge in [0.2, 0.25) is 5.91 Å². The molecular formula is C21H20ClN5O3. The Bertz CT molecular complexity index is 1100. The lowest BCUT2D eigenvalue weighted by Gasteiger charge is -2.20. The molecule has 2 aliphatic heterocycles. The maximum Gasteiger partial charge on any atom is 0.263 e. The fourth-order valence-corrected chi connectivity index (χ4v) is 3.67. The summed E-state index contributed by atoms with van der Waals surface area (Å²) >= 11 is 6.15. The molecule has 2 aromatic rings. The molecule has 4 rings (SSSR count). The van der Waals surface area contributed by atoms with Crippen LogP contribution >= 0.6 is 11.6 Å². The molecule has 0 spiro atoms. The van der Waals surface area contributed by atoms with Gasteiger partial charge >= 0.3 is 0 Å². The molecule has 8 nitrogen and oxygen atoms in total. The van der Waals surface area contributed by atoms with E-state index >= 15 is 0 Å². The van der Waals surface area contributed by atoms with Crippen LogP contribution in [0.2, 0.25) is 5.02 Å². The third kappa shape index (κ3) is 3.43. The third-order valence-electron chi connectivity index (χ3n) is 5.37. The van der Waals surface area contributed by atoms with Crippen LogP contribution in [0.1, 0.15) is 16.7 Å². The Kier molecular flexibility index (Phi) is 5.03. The SMILES string of the molecule is Cc1ccc(NC(=O)CN2N=N[C@@H]3C(=O)N(c4ccc(C)c(Cl)c4)C(=O)[C@@H]32)cc1C. The van der Waals surface area contributed by atoms with Crippen LogP contribution in [-0.4, -0.2) is 41.4 Å². The zero-order valence-corrected chi connectivity index (χ0v) is 17.5. The molecule has 0 unspecified atom stereocenters. The van der Waals surface area contributed by atoms with Crippen molar-refractivity contribution in [2.24, 2.45) is 10.3 Å². The molecule has 30 heavy (non-hydrogen) atoms. The van der Waals surface area contributed by atoms with Crippen LogP contribution < -0.4 is 10.2 Å². The lowest BCUT2D eigenvalue weighted by Crippen LogP contribution is -2.43. The largest absolute Gasteiger partial charge is 0.324 e. The summed E-state index contributed by atoms with van der Waals surface area (Å²) in [6.45, 7) is 5.58. The molecule has 0 saturated carbocycles. The number of fused-ring (bicyclic) bond motifs is 1. The Labute approximate surface area is 178 Å². The van der Waals surface area contributed by atoms with Crippen LogP contribution in [0.5, 0.6) is 0 Å². The van der Waals surface area contributed by atoms with Crippen molar-refractivity contribution >= 4 is 40.7 Å². The maximum atomic E-state index is 13.0. The monoisotopic (exact) mass is 425 g/mol. The predicted molar refractivity (Wildman–Crippen MR) is 112 cm³/mol. The molecule has 2 aliphatic rings. The van der Waals surface area contributed by atoms with Gasteiger partial charge in [-0.1, -0.05) is 29.0 Å². The van der Waals surface area contributed by atoms with Gasteiger partial charge in [0.05, 0.1) is 5.69 Å². The first-order chi connectivity index (χ1) is 14.3. The normalized spacial score (nSPS) is 20.1. The smallest absolute Gasteiger partial charge is 0.263 e. The first kappa shape index (κ1) is 20.0. The lowest BCUT2D eigenvalue weighted by atomic mass is 10.1. The van der Waals surface area contributed by atoms with Crippen LogP contribution in [0.15, 0.2) is 46.7 Å². The van der Waals surface area contributed by atoms with Crippen molar-refractivity contribution in [1.82, 2.24) is 5.01 Å². The first-order valence-corrected chi connectivity index (χ1v) is 9.82. The van der Waals surface area contributed by atoms with Crippen molar-refractivity contribution in [2.45, 2.75) is 32.9 Å². The second-order valence-electron chi connectivity index (χ2n) is 7.48. The van der Waals surface area contributed by atoms with E-state index in [2.05, 4.69) is 15.7 Å². The van der Waals surface area contributed by atoms with E-state index < -0.39 is 23.9 Å². The Balaban J connectivity index is 1.49. The van der Waals surface area contributed by atoms with Crippen molar-refractivity contribution in [3.8, 4) is 0 Å². The van der Waals surface area contributed by atoms with Crippen molar-refractivity contribution < 1.29 is 14.4 Å². The summed E-state index contributed by atoms with van der Waals surface area (Å²) in [5, 5.41) is 12.3. The molecule has 0 bridgehead atoms. The minimum Gasteiger partial charge on any atom is -0.324 e. The average Bonchev–Trinajstić information content (AvgIpc) is 3.21. The molecule has 1 saturated heterocycles. The molecule has 2 atom stereocenters. The highest BCUT2D eigenvalue weighted by Gasteiger charge is 2.55. The molecule has 3 amide bonds. The highest BCUT2D eigenvalue weighted by Crippen LogP contribution is 2.33. The van der Waals surface area contributed by atoms with Gasteiger partial charge in [-0.2, -0.15) is 5.11 Å². The molecule has 0 aromatic heterocycles. The van der Waals surface area contributed by atoms with E-state index in [9.17, 15) is 14.4 Å². The Morgan fingerprint density at radius 3 is 2.47 bits per heavy atom. The van der Waals surface area contributed by atoms with E-state index in [0.29, 0.717) is 16.4 Å². The van der Waals surface area contributed by atoms with Gasteiger partial charge < -0.3 is 5.32 Å². The van der Waals surface area contributed by atoms with Crippen LogP contribution in [0.3, 0.4) is 0 Å². The molecule has 154 valence electrons. The quantitative estimate of drug-likeness (QED) is 0.761. The Morgan fingerprint density at radius 2 is 1.77 bits per heavy atom. The van der Waals surface area contributed by atoms with Gasteiger partial charge in [-0.25, -0.2) is 4.90 Å². The van der Waals surface area contributed by atoms with Crippen LogP contribution in [0, 0.1) is 20.8 Å². The zero-order chi connectivity index (χ0) is 21.6. The van der Waals surface area contributed by atoms with Gasteiger partial charge in [0, 0.05) is 10.7 Å². The number of nitrogens with one attached hydrogen (secondary N) is 1. The minimum absolute atomic E-state index is 0.195. The van der Waals surface area contributed by atoms with Gasteiger partial charge in [-0.15, -0.1) is 0 Å². The first-order valence-electron chi connectivity index (χ1n) is 9.45. The fourth-order valence-electron chi connectivity index (χ4n) is 3.50. The lowest BCUT2D eigenvalue weighted by molar-refractivity contribution is -0.123. The van der Waals surface area contributed by atoms with Crippen molar-refractivity contribution in [3.05, 3.63) is 58.1 Å². The fraction of sp³-hybridized carbons (Fsp3) is 0.286. The highest BCUT2D eigenvalue weighted by atomic mass is 35.5. The average molecular weight is 426 g/mol. The van der Waals surface area contributed by atoms with E-state index in [1.54, 1.807) is 18.2 Å². The molecule has 1 N–H and O–H groups in total. The number of benzene rings is 2. The zero-order valence-electron chi connectivity index (χ0n) is 16.7. The van der Waals surface area contributed by atoms with Gasteiger partial charge in [0.15, 0.2) is 12.1 Å². The summed E-state index contributed by atoms with van der Waals surface area (Å²) in [6.07, 6.45) is 0. The number of aryl methyl sites for hydroxylation is 3. The van der Waals surface area contributed by atoms with Gasteiger partial charge in [-0.3, -0.25) is 19.4 Å². The topological polar surface area (TPSA) is 94.4 Å². The summed E-state index contributed by atoms with van der Waals surface area (Å²) in [6, 6.07) is 8.66. The second-order valence-corrected chi connectivity index (χ2v) is 7.89. The summed E-state index contributed by atoms with van der Waals surface area (Å²) in [5.41, 5.74) is 4.04. The number of nitrogens with zero attached hydrogens (tertiary/aromatic N) is 4. The molecule has 0 radical (unpaired) electrons. The number of anilines is 2. The number of imide groups is 1. The Morgan fingerprint density at radius 1 is 1.03 bits per heavy atom. The highest BCUT2D eigenvalue weighted by molar-refractivity contribution is 6.32. The minimum atomic E-state index is -0.966. The van der Waals surface area contributed by atoms with Crippen LogP contribution in [0.4, 0.5) is 11.4 Å². The van der Waals surface area contributed by atoms with Crippen molar-refractivity contribution in [1.29, 1.82) is 0 Å². The summed E-state index contributed by atoms with van der Waals surface area (Å²) < 4.78 is 0. The van der Waals surface area contributed by atoms with E-state index in [1.165, 1.54) is 5.01 Å². The van der Waals surface area contributed by atoms with E-state index in [1.807, 2.05) is 39.0 Å². The molecule has 9 heteroatoms. The van der Waals surface area contributed by atoms with Gasteiger partial charge in [0.1, 0.15) is 6.54 Å².